The summed E-state index contributed by atoms with van der Waals surface area (Å²) in [6.45, 7) is 2.90. The molecule has 114 valence electrons. The van der Waals surface area contributed by atoms with Crippen LogP contribution in [0.4, 0.5) is 8.78 Å². The molecule has 1 N–H and O–H groups in total. The number of rotatable bonds is 2. The molecule has 1 amide bonds. The highest BCUT2D eigenvalue weighted by atomic mass is 79.9. The number of fused-ring (bicyclic) bond motifs is 2. The molecular weight excluding hydrogens is 342 g/mol. The third-order valence-electron chi connectivity index (χ3n) is 4.50. The molecule has 3 rings (SSSR count). The topological polar surface area (TPSA) is 32.3 Å². The van der Waals surface area contributed by atoms with Crippen molar-refractivity contribution in [2.45, 2.75) is 31.7 Å². The summed E-state index contributed by atoms with van der Waals surface area (Å²) >= 11 is 3.48. The van der Waals surface area contributed by atoms with Gasteiger partial charge in [0.15, 0.2) is 0 Å². The van der Waals surface area contributed by atoms with Gasteiger partial charge in [0.05, 0.1) is 12.1 Å². The molecule has 1 fully saturated rings. The number of nitrogens with one attached hydrogen (secondary N) is 1. The Morgan fingerprint density at radius 3 is 2.67 bits per heavy atom. The number of piperidine rings is 1. The Kier molecular flexibility index (Phi) is 3.78. The maximum atomic E-state index is 12.5. The summed E-state index contributed by atoms with van der Waals surface area (Å²) in [5.41, 5.74) is 2.32. The summed E-state index contributed by atoms with van der Waals surface area (Å²) in [7, 11) is 0. The fourth-order valence-electron chi connectivity index (χ4n) is 3.48. The molecule has 0 atom stereocenters. The van der Waals surface area contributed by atoms with Crippen LogP contribution in [0.1, 0.15) is 34.3 Å². The predicted octanol–water partition coefficient (Wildman–Crippen LogP) is 3.06. The molecule has 3 nitrogen and oxygen atoms in total. The summed E-state index contributed by atoms with van der Waals surface area (Å²) in [6, 6.07) is 3.92. The van der Waals surface area contributed by atoms with E-state index in [2.05, 4.69) is 21.2 Å². The molecule has 21 heavy (non-hydrogen) atoms. The van der Waals surface area contributed by atoms with E-state index in [4.69, 9.17) is 0 Å². The Bertz CT molecular complexity index is 583. The lowest BCUT2D eigenvalue weighted by Gasteiger charge is -2.39. The number of amides is 1. The minimum absolute atomic E-state index is 0.0442. The van der Waals surface area contributed by atoms with Gasteiger partial charge in [0.2, 0.25) is 0 Å². The average molecular weight is 359 g/mol. The second-order valence-electron chi connectivity index (χ2n) is 5.87. The summed E-state index contributed by atoms with van der Waals surface area (Å²) < 4.78 is 25.9. The lowest BCUT2D eigenvalue weighted by atomic mass is 9.81. The van der Waals surface area contributed by atoms with Gasteiger partial charge in [-0.3, -0.25) is 9.69 Å². The fraction of sp³-hybridized carbons (Fsp3) is 0.533. The first kappa shape index (κ1) is 14.9. The van der Waals surface area contributed by atoms with Crippen LogP contribution in [-0.4, -0.2) is 36.9 Å². The highest BCUT2D eigenvalue weighted by Gasteiger charge is 2.45. The maximum absolute atomic E-state index is 12.5. The molecule has 0 radical (unpaired) electrons. The summed E-state index contributed by atoms with van der Waals surface area (Å²) in [6.07, 6.45) is -0.955. The smallest absolute Gasteiger partial charge is 0.252 e. The number of alkyl halides is 2. The van der Waals surface area contributed by atoms with Gasteiger partial charge in [-0.15, -0.1) is 0 Å². The molecule has 1 aromatic rings. The normalized spacial score (nSPS) is 20.9. The van der Waals surface area contributed by atoms with Crippen LogP contribution in [-0.2, 0) is 5.54 Å². The number of benzene rings is 1. The van der Waals surface area contributed by atoms with Gasteiger partial charge in [-0.25, -0.2) is 8.78 Å². The Morgan fingerprint density at radius 2 is 2.05 bits per heavy atom. The monoisotopic (exact) mass is 358 g/mol. The second kappa shape index (κ2) is 5.32. The molecular formula is C15H17BrF2N2O. The molecule has 2 heterocycles. The molecule has 0 aliphatic carbocycles. The van der Waals surface area contributed by atoms with Crippen LogP contribution in [0.5, 0.6) is 0 Å². The van der Waals surface area contributed by atoms with Crippen LogP contribution >= 0.6 is 15.9 Å². The first-order chi connectivity index (χ1) is 9.91. The number of carbonyl (C=O) groups excluding carboxylic acids is 1. The first-order valence-electron chi connectivity index (χ1n) is 7.05. The van der Waals surface area contributed by atoms with Crippen molar-refractivity contribution >= 4 is 21.8 Å². The largest absolute Gasteiger partial charge is 0.342 e. The fourth-order valence-corrected chi connectivity index (χ4v) is 4.05. The van der Waals surface area contributed by atoms with Crippen LogP contribution in [0.2, 0.25) is 0 Å². The van der Waals surface area contributed by atoms with Crippen molar-refractivity contribution in [2.75, 3.05) is 19.6 Å². The van der Waals surface area contributed by atoms with E-state index in [0.717, 1.165) is 21.2 Å². The van der Waals surface area contributed by atoms with E-state index in [-0.39, 0.29) is 18.0 Å². The van der Waals surface area contributed by atoms with Gasteiger partial charge in [0, 0.05) is 23.1 Å². The molecule has 1 aromatic carbocycles. The molecule has 6 heteroatoms. The van der Waals surface area contributed by atoms with Gasteiger partial charge >= 0.3 is 0 Å². The van der Waals surface area contributed by atoms with Crippen molar-refractivity contribution < 1.29 is 13.6 Å². The Morgan fingerprint density at radius 1 is 1.38 bits per heavy atom. The minimum Gasteiger partial charge on any atom is -0.342 e. The zero-order chi connectivity index (χ0) is 15.2. The quantitative estimate of drug-likeness (QED) is 0.881. The van der Waals surface area contributed by atoms with Gasteiger partial charge in [-0.1, -0.05) is 15.9 Å². The van der Waals surface area contributed by atoms with Crippen LogP contribution < -0.4 is 5.32 Å². The standard InChI is InChI=1S/C15H17BrF2N2O/c1-9-6-10(16)7-11-13(9)14(21)19-15(11)2-4-20(5-3-15)8-12(17)18/h6-7,12H,2-5,8H2,1H3,(H,19,21). The van der Waals surface area contributed by atoms with Crippen LogP contribution in [0.15, 0.2) is 16.6 Å². The number of halogens is 3. The predicted molar refractivity (Wildman–Crippen MR) is 79.7 cm³/mol. The van der Waals surface area contributed by atoms with Gasteiger partial charge in [0.25, 0.3) is 12.3 Å². The lowest BCUT2D eigenvalue weighted by molar-refractivity contribution is 0.0554. The van der Waals surface area contributed by atoms with Gasteiger partial charge < -0.3 is 5.32 Å². The second-order valence-corrected chi connectivity index (χ2v) is 6.79. The summed E-state index contributed by atoms with van der Waals surface area (Å²) in [5, 5.41) is 3.10. The third kappa shape index (κ3) is 2.59. The zero-order valence-electron chi connectivity index (χ0n) is 11.8. The molecule has 2 aliphatic rings. The van der Waals surface area contributed by atoms with Gasteiger partial charge in [-0.2, -0.15) is 0 Å². The third-order valence-corrected chi connectivity index (χ3v) is 4.96. The van der Waals surface area contributed by atoms with E-state index in [1.54, 1.807) is 4.90 Å². The highest BCUT2D eigenvalue weighted by molar-refractivity contribution is 9.10. The lowest BCUT2D eigenvalue weighted by Crippen LogP contribution is -2.50. The molecule has 0 aromatic heterocycles. The van der Waals surface area contributed by atoms with E-state index in [1.807, 2.05) is 19.1 Å². The van der Waals surface area contributed by atoms with E-state index in [1.165, 1.54) is 0 Å². The van der Waals surface area contributed by atoms with Crippen molar-refractivity contribution in [2.24, 2.45) is 0 Å². The Hall–Kier alpha value is -1.01. The molecule has 0 unspecified atom stereocenters. The number of hydrogen-bond acceptors (Lipinski definition) is 2. The minimum atomic E-state index is -2.30. The first-order valence-corrected chi connectivity index (χ1v) is 7.84. The number of likely N-dealkylation sites (tertiary alicyclic amines) is 1. The van der Waals surface area contributed by atoms with Crippen LogP contribution in [0.3, 0.4) is 0 Å². The Labute approximate surface area is 130 Å². The van der Waals surface area contributed by atoms with Crippen molar-refractivity contribution in [1.82, 2.24) is 10.2 Å². The van der Waals surface area contributed by atoms with Crippen LogP contribution in [0.25, 0.3) is 0 Å². The summed E-state index contributed by atoms with van der Waals surface area (Å²) in [5.74, 6) is -0.0442. The van der Waals surface area contributed by atoms with Crippen molar-refractivity contribution in [3.63, 3.8) is 0 Å². The maximum Gasteiger partial charge on any atom is 0.252 e. The number of hydrogen-bond donors (Lipinski definition) is 1. The highest BCUT2D eigenvalue weighted by Crippen LogP contribution is 2.41. The van der Waals surface area contributed by atoms with Gasteiger partial charge in [0.1, 0.15) is 0 Å². The van der Waals surface area contributed by atoms with Crippen molar-refractivity contribution in [3.05, 3.63) is 33.3 Å². The molecule has 0 bridgehead atoms. The number of carbonyl (C=O) groups is 1. The molecule has 0 saturated carbocycles. The molecule has 1 spiro atoms. The van der Waals surface area contributed by atoms with E-state index >= 15 is 0 Å². The summed E-state index contributed by atoms with van der Waals surface area (Å²) in [4.78, 5) is 14.0. The number of nitrogens with zero attached hydrogens (tertiary/aromatic N) is 1. The number of aryl methyl sites for hydroxylation is 1. The molecule has 1 saturated heterocycles. The average Bonchev–Trinajstić information content (AvgIpc) is 2.65. The van der Waals surface area contributed by atoms with Gasteiger partial charge in [-0.05, 0) is 43.0 Å². The van der Waals surface area contributed by atoms with E-state index < -0.39 is 6.43 Å². The molecule has 2 aliphatic heterocycles. The van der Waals surface area contributed by atoms with Crippen LogP contribution in [0, 0.1) is 6.92 Å². The van der Waals surface area contributed by atoms with Crippen molar-refractivity contribution in [1.29, 1.82) is 0 Å². The SMILES string of the molecule is Cc1cc(Br)cc2c1C(=O)NC21CCN(CC(F)F)CC1. The zero-order valence-corrected chi connectivity index (χ0v) is 13.3. The Balaban J connectivity index is 1.88. The van der Waals surface area contributed by atoms with Crippen molar-refractivity contribution in [3.8, 4) is 0 Å². The van der Waals surface area contributed by atoms with E-state index in [9.17, 15) is 13.6 Å². The van der Waals surface area contributed by atoms with E-state index in [0.29, 0.717) is 25.9 Å².